The largest absolute Gasteiger partial charge is 0.573 e. The van der Waals surface area contributed by atoms with E-state index in [1.165, 1.54) is 18.2 Å². The van der Waals surface area contributed by atoms with Gasteiger partial charge in [-0.2, -0.15) is 0 Å². The summed E-state index contributed by atoms with van der Waals surface area (Å²) in [4.78, 5) is 12.0. The van der Waals surface area contributed by atoms with Crippen LogP contribution in [0.1, 0.15) is 21.5 Å². The van der Waals surface area contributed by atoms with Gasteiger partial charge in [0.25, 0.3) is 5.91 Å². The first-order valence-corrected chi connectivity index (χ1v) is 6.54. The van der Waals surface area contributed by atoms with E-state index >= 15 is 0 Å². The Morgan fingerprint density at radius 2 is 1.86 bits per heavy atom. The van der Waals surface area contributed by atoms with Gasteiger partial charge in [-0.1, -0.05) is 35.9 Å². The second-order valence-electron chi connectivity index (χ2n) is 4.71. The van der Waals surface area contributed by atoms with Crippen LogP contribution in [0.5, 0.6) is 5.75 Å². The second kappa shape index (κ2) is 6.51. The number of benzene rings is 2. The highest BCUT2D eigenvalue weighted by molar-refractivity contribution is 5.94. The van der Waals surface area contributed by atoms with Crippen molar-refractivity contribution in [2.45, 2.75) is 19.8 Å². The summed E-state index contributed by atoms with van der Waals surface area (Å²) < 4.78 is 40.9. The molecule has 0 unspecified atom stereocenters. The summed E-state index contributed by atoms with van der Waals surface area (Å²) >= 11 is 0. The number of nitrogens with one attached hydrogen (secondary N) is 1. The number of rotatable bonds is 4. The topological polar surface area (TPSA) is 38.3 Å². The lowest BCUT2D eigenvalue weighted by atomic mass is 10.1. The Balaban J connectivity index is 2.07. The third-order valence-corrected chi connectivity index (χ3v) is 2.92. The number of hydrogen-bond acceptors (Lipinski definition) is 2. The van der Waals surface area contributed by atoms with Gasteiger partial charge in [-0.15, -0.1) is 13.2 Å². The SMILES string of the molecule is Cc1cccc(C(=O)NCc2ccccc2OC(F)(F)F)c1. The number of ether oxygens (including phenoxy) is 1. The highest BCUT2D eigenvalue weighted by Gasteiger charge is 2.31. The van der Waals surface area contributed by atoms with Gasteiger partial charge in [0.2, 0.25) is 0 Å². The molecule has 6 heteroatoms. The van der Waals surface area contributed by atoms with Gasteiger partial charge in [0.15, 0.2) is 0 Å². The quantitative estimate of drug-likeness (QED) is 0.932. The summed E-state index contributed by atoms with van der Waals surface area (Å²) in [6, 6.07) is 12.6. The van der Waals surface area contributed by atoms with Crippen molar-refractivity contribution in [3.05, 3.63) is 65.2 Å². The molecule has 2 aromatic rings. The van der Waals surface area contributed by atoms with Crippen molar-refractivity contribution in [2.75, 3.05) is 0 Å². The number of para-hydroxylation sites is 1. The molecule has 0 atom stereocenters. The van der Waals surface area contributed by atoms with Crippen molar-refractivity contribution in [2.24, 2.45) is 0 Å². The fourth-order valence-corrected chi connectivity index (χ4v) is 1.94. The number of aryl methyl sites for hydroxylation is 1. The molecule has 0 heterocycles. The van der Waals surface area contributed by atoms with E-state index < -0.39 is 6.36 Å². The number of hydrogen-bond donors (Lipinski definition) is 1. The molecule has 0 radical (unpaired) electrons. The average molecular weight is 309 g/mol. The average Bonchev–Trinajstić information content (AvgIpc) is 2.44. The maximum atomic E-state index is 12.3. The van der Waals surface area contributed by atoms with Crippen LogP contribution in [0, 0.1) is 6.92 Å². The first-order valence-electron chi connectivity index (χ1n) is 6.54. The van der Waals surface area contributed by atoms with Gasteiger partial charge in [-0.25, -0.2) is 0 Å². The zero-order valence-electron chi connectivity index (χ0n) is 11.8. The summed E-state index contributed by atoms with van der Waals surface area (Å²) in [5, 5.41) is 2.58. The Morgan fingerprint density at radius 1 is 1.14 bits per heavy atom. The van der Waals surface area contributed by atoms with Crippen molar-refractivity contribution in [1.82, 2.24) is 5.32 Å². The molecule has 0 saturated carbocycles. The van der Waals surface area contributed by atoms with Crippen LogP contribution in [0.3, 0.4) is 0 Å². The van der Waals surface area contributed by atoms with Gasteiger partial charge in [0, 0.05) is 17.7 Å². The van der Waals surface area contributed by atoms with E-state index in [1.807, 2.05) is 13.0 Å². The minimum Gasteiger partial charge on any atom is -0.405 e. The molecule has 22 heavy (non-hydrogen) atoms. The first-order chi connectivity index (χ1) is 10.3. The number of carbonyl (C=O) groups is 1. The summed E-state index contributed by atoms with van der Waals surface area (Å²) in [5.74, 6) is -0.676. The van der Waals surface area contributed by atoms with E-state index in [0.717, 1.165) is 5.56 Å². The Hall–Kier alpha value is -2.50. The zero-order chi connectivity index (χ0) is 16.2. The fourth-order valence-electron chi connectivity index (χ4n) is 1.94. The van der Waals surface area contributed by atoms with Crippen molar-refractivity contribution in [1.29, 1.82) is 0 Å². The molecule has 0 aliphatic carbocycles. The number of alkyl halides is 3. The van der Waals surface area contributed by atoms with Crippen LogP contribution in [-0.4, -0.2) is 12.3 Å². The van der Waals surface area contributed by atoms with Gasteiger partial charge in [0.05, 0.1) is 0 Å². The highest BCUT2D eigenvalue weighted by atomic mass is 19.4. The lowest BCUT2D eigenvalue weighted by Crippen LogP contribution is -2.24. The van der Waals surface area contributed by atoms with E-state index in [1.54, 1.807) is 24.3 Å². The Kier molecular flexibility index (Phi) is 4.70. The minimum atomic E-state index is -4.77. The lowest BCUT2D eigenvalue weighted by Gasteiger charge is -2.13. The van der Waals surface area contributed by atoms with Gasteiger partial charge in [-0.3, -0.25) is 4.79 Å². The van der Waals surface area contributed by atoms with Crippen molar-refractivity contribution in [3.8, 4) is 5.75 Å². The normalized spacial score (nSPS) is 11.1. The Bertz CT molecular complexity index is 668. The molecule has 3 nitrogen and oxygen atoms in total. The van der Waals surface area contributed by atoms with E-state index in [9.17, 15) is 18.0 Å². The van der Waals surface area contributed by atoms with Crippen molar-refractivity contribution in [3.63, 3.8) is 0 Å². The molecule has 2 rings (SSSR count). The smallest absolute Gasteiger partial charge is 0.405 e. The zero-order valence-corrected chi connectivity index (χ0v) is 11.8. The molecule has 0 bridgehead atoms. The van der Waals surface area contributed by atoms with Crippen LogP contribution in [0.2, 0.25) is 0 Å². The van der Waals surface area contributed by atoms with Crippen LogP contribution in [0.15, 0.2) is 48.5 Å². The van der Waals surface area contributed by atoms with Gasteiger partial charge >= 0.3 is 6.36 Å². The van der Waals surface area contributed by atoms with E-state index in [-0.39, 0.29) is 23.8 Å². The number of carbonyl (C=O) groups excluding carboxylic acids is 1. The molecular weight excluding hydrogens is 295 g/mol. The number of amides is 1. The third-order valence-electron chi connectivity index (χ3n) is 2.92. The Morgan fingerprint density at radius 3 is 2.55 bits per heavy atom. The van der Waals surface area contributed by atoms with Crippen LogP contribution in [-0.2, 0) is 6.54 Å². The second-order valence-corrected chi connectivity index (χ2v) is 4.71. The van der Waals surface area contributed by atoms with Crippen LogP contribution in [0.25, 0.3) is 0 Å². The molecule has 0 aromatic heterocycles. The molecular formula is C16H14F3NO2. The lowest BCUT2D eigenvalue weighted by molar-refractivity contribution is -0.274. The third kappa shape index (κ3) is 4.51. The predicted molar refractivity (Wildman–Crippen MR) is 75.5 cm³/mol. The summed E-state index contributed by atoms with van der Waals surface area (Å²) in [6.07, 6.45) is -4.77. The summed E-state index contributed by atoms with van der Waals surface area (Å²) in [5.41, 5.74) is 1.63. The molecule has 1 amide bonds. The Labute approximate surface area is 125 Å². The monoisotopic (exact) mass is 309 g/mol. The van der Waals surface area contributed by atoms with Crippen molar-refractivity contribution >= 4 is 5.91 Å². The molecule has 0 spiro atoms. The van der Waals surface area contributed by atoms with E-state index in [2.05, 4.69) is 10.1 Å². The van der Waals surface area contributed by atoms with Crippen molar-refractivity contribution < 1.29 is 22.7 Å². The number of halogens is 3. The van der Waals surface area contributed by atoms with Gasteiger partial charge in [0.1, 0.15) is 5.75 Å². The maximum Gasteiger partial charge on any atom is 0.573 e. The highest BCUT2D eigenvalue weighted by Crippen LogP contribution is 2.26. The summed E-state index contributed by atoms with van der Waals surface area (Å²) in [6.45, 7) is 1.79. The molecule has 0 saturated heterocycles. The van der Waals surface area contributed by atoms with Crippen LogP contribution < -0.4 is 10.1 Å². The summed E-state index contributed by atoms with van der Waals surface area (Å²) in [7, 11) is 0. The fraction of sp³-hybridized carbons (Fsp3) is 0.188. The molecule has 0 aliphatic heterocycles. The molecule has 2 aromatic carbocycles. The minimum absolute atomic E-state index is 0.0565. The standard InChI is InChI=1S/C16H14F3NO2/c1-11-5-4-7-12(9-11)15(21)20-10-13-6-2-3-8-14(13)22-16(17,18)19/h2-9H,10H2,1H3,(H,20,21). The molecule has 0 fully saturated rings. The first kappa shape index (κ1) is 15.9. The maximum absolute atomic E-state index is 12.3. The van der Waals surface area contributed by atoms with Gasteiger partial charge in [-0.05, 0) is 25.1 Å². The van der Waals surface area contributed by atoms with Crippen LogP contribution in [0.4, 0.5) is 13.2 Å². The predicted octanol–water partition coefficient (Wildman–Crippen LogP) is 3.82. The van der Waals surface area contributed by atoms with E-state index in [4.69, 9.17) is 0 Å². The molecule has 116 valence electrons. The van der Waals surface area contributed by atoms with E-state index in [0.29, 0.717) is 5.56 Å². The van der Waals surface area contributed by atoms with Crippen LogP contribution >= 0.6 is 0 Å². The van der Waals surface area contributed by atoms with Gasteiger partial charge < -0.3 is 10.1 Å². The molecule has 0 aliphatic rings. The molecule has 1 N–H and O–H groups in total.